The van der Waals surface area contributed by atoms with Crippen molar-refractivity contribution in [3.63, 3.8) is 0 Å². The van der Waals surface area contributed by atoms with Crippen LogP contribution in [-0.2, 0) is 11.2 Å². The molecule has 1 aliphatic heterocycles. The number of hydrogen-bond acceptors (Lipinski definition) is 1. The standard InChI is InChI=1S/C12H13F2NO/c13-10-5-1-3-8(11(10)14)7-9-4-2-6-15-12(9)16/h1,3,5,9H,2,4,6-7H2,(H,15,16). The highest BCUT2D eigenvalue weighted by Gasteiger charge is 2.23. The molecule has 0 saturated carbocycles. The molecule has 86 valence electrons. The van der Waals surface area contributed by atoms with Crippen LogP contribution in [0.2, 0.25) is 0 Å². The van der Waals surface area contributed by atoms with Gasteiger partial charge in [-0.3, -0.25) is 4.79 Å². The lowest BCUT2D eigenvalue weighted by Crippen LogP contribution is -2.37. The zero-order chi connectivity index (χ0) is 11.5. The van der Waals surface area contributed by atoms with Gasteiger partial charge in [-0.2, -0.15) is 0 Å². The molecule has 1 heterocycles. The maximum Gasteiger partial charge on any atom is 0.223 e. The first-order valence-corrected chi connectivity index (χ1v) is 5.39. The van der Waals surface area contributed by atoms with Gasteiger partial charge in [-0.15, -0.1) is 0 Å². The van der Waals surface area contributed by atoms with Crippen molar-refractivity contribution < 1.29 is 13.6 Å². The molecule has 1 aromatic rings. The van der Waals surface area contributed by atoms with Crippen LogP contribution in [0.3, 0.4) is 0 Å². The third kappa shape index (κ3) is 2.21. The molecular weight excluding hydrogens is 212 g/mol. The van der Waals surface area contributed by atoms with Gasteiger partial charge >= 0.3 is 0 Å². The quantitative estimate of drug-likeness (QED) is 0.819. The van der Waals surface area contributed by atoms with E-state index in [-0.39, 0.29) is 23.8 Å². The van der Waals surface area contributed by atoms with E-state index in [1.165, 1.54) is 12.1 Å². The van der Waals surface area contributed by atoms with Gasteiger partial charge in [0.25, 0.3) is 0 Å². The van der Waals surface area contributed by atoms with Crippen molar-refractivity contribution in [3.05, 3.63) is 35.4 Å². The van der Waals surface area contributed by atoms with Crippen molar-refractivity contribution >= 4 is 5.91 Å². The average molecular weight is 225 g/mol. The van der Waals surface area contributed by atoms with Crippen molar-refractivity contribution in [1.29, 1.82) is 0 Å². The van der Waals surface area contributed by atoms with Crippen LogP contribution in [0.5, 0.6) is 0 Å². The summed E-state index contributed by atoms with van der Waals surface area (Å²) < 4.78 is 26.3. The maximum atomic E-state index is 13.4. The van der Waals surface area contributed by atoms with Crippen molar-refractivity contribution in [3.8, 4) is 0 Å². The van der Waals surface area contributed by atoms with Gasteiger partial charge < -0.3 is 5.32 Å². The molecule has 0 radical (unpaired) electrons. The zero-order valence-electron chi connectivity index (χ0n) is 8.80. The number of carbonyl (C=O) groups excluding carboxylic acids is 1. The number of nitrogens with one attached hydrogen (secondary N) is 1. The van der Waals surface area contributed by atoms with E-state index < -0.39 is 11.6 Å². The van der Waals surface area contributed by atoms with Gasteiger partial charge in [-0.05, 0) is 30.9 Å². The molecule has 0 spiro atoms. The van der Waals surface area contributed by atoms with Gasteiger partial charge in [0.15, 0.2) is 11.6 Å². The summed E-state index contributed by atoms with van der Waals surface area (Å²) in [5.74, 6) is -1.98. The minimum atomic E-state index is -0.853. The Morgan fingerprint density at radius 3 is 2.94 bits per heavy atom. The molecule has 0 aliphatic carbocycles. The van der Waals surface area contributed by atoms with E-state index >= 15 is 0 Å². The second-order valence-corrected chi connectivity index (χ2v) is 4.05. The lowest BCUT2D eigenvalue weighted by molar-refractivity contribution is -0.126. The predicted molar refractivity (Wildman–Crippen MR) is 55.8 cm³/mol. The predicted octanol–water partition coefficient (Wildman–Crippen LogP) is 2.03. The molecule has 1 unspecified atom stereocenters. The maximum absolute atomic E-state index is 13.4. The lowest BCUT2D eigenvalue weighted by Gasteiger charge is -2.21. The summed E-state index contributed by atoms with van der Waals surface area (Å²) >= 11 is 0. The van der Waals surface area contributed by atoms with Crippen LogP contribution < -0.4 is 5.32 Å². The molecule has 1 atom stereocenters. The molecule has 16 heavy (non-hydrogen) atoms. The fraction of sp³-hybridized carbons (Fsp3) is 0.417. The first kappa shape index (κ1) is 11.0. The molecule has 1 aromatic carbocycles. The number of amides is 1. The molecule has 1 N–H and O–H groups in total. The Morgan fingerprint density at radius 1 is 1.38 bits per heavy atom. The molecule has 0 aromatic heterocycles. The Kier molecular flexibility index (Phi) is 3.17. The second-order valence-electron chi connectivity index (χ2n) is 4.05. The van der Waals surface area contributed by atoms with Gasteiger partial charge in [-0.1, -0.05) is 12.1 Å². The topological polar surface area (TPSA) is 29.1 Å². The summed E-state index contributed by atoms with van der Waals surface area (Å²) in [6.45, 7) is 0.682. The fourth-order valence-corrected chi connectivity index (χ4v) is 2.00. The summed E-state index contributed by atoms with van der Waals surface area (Å²) in [5, 5.41) is 2.73. The number of benzene rings is 1. The SMILES string of the molecule is O=C1NCCCC1Cc1cccc(F)c1F. The van der Waals surface area contributed by atoms with Crippen molar-refractivity contribution in [2.75, 3.05) is 6.54 Å². The van der Waals surface area contributed by atoms with Crippen LogP contribution in [-0.4, -0.2) is 12.5 Å². The van der Waals surface area contributed by atoms with Crippen LogP contribution in [0.4, 0.5) is 8.78 Å². The summed E-state index contributed by atoms with van der Waals surface area (Å²) in [7, 11) is 0. The van der Waals surface area contributed by atoms with E-state index in [0.717, 1.165) is 18.9 Å². The monoisotopic (exact) mass is 225 g/mol. The van der Waals surface area contributed by atoms with E-state index in [0.29, 0.717) is 6.54 Å². The normalized spacial score (nSPS) is 20.6. The summed E-state index contributed by atoms with van der Waals surface area (Å²) in [6, 6.07) is 4.08. The highest BCUT2D eigenvalue weighted by molar-refractivity contribution is 5.79. The lowest BCUT2D eigenvalue weighted by atomic mass is 9.91. The largest absolute Gasteiger partial charge is 0.356 e. The number of hydrogen-bond donors (Lipinski definition) is 1. The van der Waals surface area contributed by atoms with E-state index in [9.17, 15) is 13.6 Å². The Morgan fingerprint density at radius 2 is 2.19 bits per heavy atom. The van der Waals surface area contributed by atoms with Crippen LogP contribution in [0.1, 0.15) is 18.4 Å². The molecule has 4 heteroatoms. The number of rotatable bonds is 2. The van der Waals surface area contributed by atoms with Gasteiger partial charge in [-0.25, -0.2) is 8.78 Å². The molecule has 0 bridgehead atoms. The van der Waals surface area contributed by atoms with E-state index in [1.807, 2.05) is 0 Å². The third-order valence-electron chi connectivity index (χ3n) is 2.90. The Labute approximate surface area is 92.7 Å². The molecular formula is C12H13F2NO. The second kappa shape index (κ2) is 4.60. The summed E-state index contributed by atoms with van der Waals surface area (Å²) in [4.78, 5) is 11.5. The van der Waals surface area contributed by atoms with E-state index in [1.54, 1.807) is 0 Å². The van der Waals surface area contributed by atoms with Gasteiger partial charge in [0.2, 0.25) is 5.91 Å². The van der Waals surface area contributed by atoms with E-state index in [4.69, 9.17) is 0 Å². The Hall–Kier alpha value is -1.45. The minimum Gasteiger partial charge on any atom is -0.356 e. The smallest absolute Gasteiger partial charge is 0.223 e. The summed E-state index contributed by atoms with van der Waals surface area (Å²) in [6.07, 6.45) is 1.91. The van der Waals surface area contributed by atoms with Gasteiger partial charge in [0.05, 0.1) is 0 Å². The highest BCUT2D eigenvalue weighted by atomic mass is 19.2. The van der Waals surface area contributed by atoms with Crippen LogP contribution in [0.15, 0.2) is 18.2 Å². The average Bonchev–Trinajstić information content (AvgIpc) is 2.28. The molecule has 1 fully saturated rings. The van der Waals surface area contributed by atoms with Gasteiger partial charge in [0, 0.05) is 12.5 Å². The number of piperidine rings is 1. The first-order chi connectivity index (χ1) is 7.68. The molecule has 2 rings (SSSR count). The van der Waals surface area contributed by atoms with Crippen LogP contribution in [0.25, 0.3) is 0 Å². The van der Waals surface area contributed by atoms with Crippen LogP contribution >= 0.6 is 0 Å². The first-order valence-electron chi connectivity index (χ1n) is 5.39. The van der Waals surface area contributed by atoms with Gasteiger partial charge in [0.1, 0.15) is 0 Å². The van der Waals surface area contributed by atoms with Crippen molar-refractivity contribution in [2.45, 2.75) is 19.3 Å². The third-order valence-corrected chi connectivity index (χ3v) is 2.90. The van der Waals surface area contributed by atoms with Crippen molar-refractivity contribution in [1.82, 2.24) is 5.32 Å². The molecule has 2 nitrogen and oxygen atoms in total. The Bertz CT molecular complexity index is 406. The highest BCUT2D eigenvalue weighted by Crippen LogP contribution is 2.20. The fourth-order valence-electron chi connectivity index (χ4n) is 2.00. The van der Waals surface area contributed by atoms with Crippen LogP contribution in [0, 0.1) is 17.6 Å². The zero-order valence-corrected chi connectivity index (χ0v) is 8.80. The number of carbonyl (C=O) groups is 1. The van der Waals surface area contributed by atoms with Crippen molar-refractivity contribution in [2.24, 2.45) is 5.92 Å². The molecule has 1 aliphatic rings. The number of halogens is 2. The molecule has 1 amide bonds. The van der Waals surface area contributed by atoms with E-state index in [2.05, 4.69) is 5.32 Å². The summed E-state index contributed by atoms with van der Waals surface area (Å²) in [5.41, 5.74) is 0.280. The minimum absolute atomic E-state index is 0.0603. The molecule has 1 saturated heterocycles. The Balaban J connectivity index is 2.14.